The van der Waals surface area contributed by atoms with Crippen LogP contribution in [-0.2, 0) is 8.85 Å². The molecule has 0 aromatic rings. The monoisotopic (exact) mass is 487 g/mol. The molecule has 0 saturated carbocycles. The standard InChI is InChI=1S/C27H61N3O2Si/c1-10-20-28(5)23-14-17-27(18-15-24-29(6)21-11-2,19-16-25-30(7)22-12-3)26-33(13-4,31-8)32-9/h10-26H2,1-9H3. The first-order valence-electron chi connectivity index (χ1n) is 13.9. The maximum Gasteiger partial charge on any atom is 0.337 e. The first kappa shape index (κ1) is 33.0. The van der Waals surface area contributed by atoms with Gasteiger partial charge in [-0.2, -0.15) is 0 Å². The molecule has 0 saturated heterocycles. The Labute approximate surface area is 209 Å². The van der Waals surface area contributed by atoms with E-state index in [2.05, 4.69) is 63.5 Å². The highest BCUT2D eigenvalue weighted by atomic mass is 28.4. The van der Waals surface area contributed by atoms with Crippen LogP contribution >= 0.6 is 0 Å². The van der Waals surface area contributed by atoms with Crippen molar-refractivity contribution in [1.29, 1.82) is 0 Å². The fraction of sp³-hybridized carbons (Fsp3) is 1.00. The molecule has 0 unspecified atom stereocenters. The molecule has 0 aromatic heterocycles. The molecular weight excluding hydrogens is 426 g/mol. The van der Waals surface area contributed by atoms with Crippen LogP contribution in [0.2, 0.25) is 12.1 Å². The molecule has 0 aliphatic heterocycles. The van der Waals surface area contributed by atoms with Crippen LogP contribution in [0.5, 0.6) is 0 Å². The number of rotatable bonds is 23. The third kappa shape index (κ3) is 14.2. The number of hydrogen-bond donors (Lipinski definition) is 0. The summed E-state index contributed by atoms with van der Waals surface area (Å²) in [4.78, 5) is 7.52. The van der Waals surface area contributed by atoms with E-state index in [0.717, 1.165) is 12.1 Å². The summed E-state index contributed by atoms with van der Waals surface area (Å²) < 4.78 is 12.4. The van der Waals surface area contributed by atoms with E-state index in [4.69, 9.17) is 8.85 Å². The Bertz CT molecular complexity index is 395. The summed E-state index contributed by atoms with van der Waals surface area (Å²) in [5.74, 6) is 0. The van der Waals surface area contributed by atoms with Crippen LogP contribution in [0.15, 0.2) is 0 Å². The normalized spacial score (nSPS) is 13.1. The molecule has 0 radical (unpaired) electrons. The van der Waals surface area contributed by atoms with Crippen molar-refractivity contribution in [3.8, 4) is 0 Å². The first-order chi connectivity index (χ1) is 15.8. The molecule has 0 bridgehead atoms. The zero-order chi connectivity index (χ0) is 25.2. The summed E-state index contributed by atoms with van der Waals surface area (Å²) in [6.07, 6.45) is 11.4. The topological polar surface area (TPSA) is 28.2 Å². The minimum absolute atomic E-state index is 0.321. The Morgan fingerprint density at radius 2 is 0.909 bits per heavy atom. The summed E-state index contributed by atoms with van der Waals surface area (Å²) in [6, 6.07) is 2.17. The fourth-order valence-electron chi connectivity index (χ4n) is 5.51. The highest BCUT2D eigenvalue weighted by Crippen LogP contribution is 2.44. The van der Waals surface area contributed by atoms with Crippen LogP contribution in [0.1, 0.15) is 85.5 Å². The van der Waals surface area contributed by atoms with Gasteiger partial charge in [-0.05, 0) is 136 Å². The Morgan fingerprint density at radius 3 is 1.15 bits per heavy atom. The van der Waals surface area contributed by atoms with Crippen molar-refractivity contribution in [2.24, 2.45) is 5.41 Å². The minimum atomic E-state index is -2.17. The zero-order valence-electron chi connectivity index (χ0n) is 24.2. The largest absolute Gasteiger partial charge is 0.398 e. The van der Waals surface area contributed by atoms with Crippen molar-refractivity contribution >= 4 is 8.56 Å². The number of nitrogens with zero attached hydrogens (tertiary/aromatic N) is 3. The lowest BCUT2D eigenvalue weighted by Crippen LogP contribution is -2.45. The lowest BCUT2D eigenvalue weighted by molar-refractivity contribution is 0.158. The molecule has 0 rings (SSSR count). The molecule has 0 amide bonds. The summed E-state index contributed by atoms with van der Waals surface area (Å²) in [5, 5.41) is 0. The molecule has 0 spiro atoms. The van der Waals surface area contributed by atoms with Crippen LogP contribution in [0, 0.1) is 5.41 Å². The Balaban J connectivity index is 5.56. The van der Waals surface area contributed by atoms with E-state index in [1.54, 1.807) is 0 Å². The summed E-state index contributed by atoms with van der Waals surface area (Å²) >= 11 is 0. The van der Waals surface area contributed by atoms with Gasteiger partial charge in [0.1, 0.15) is 0 Å². The average molecular weight is 488 g/mol. The van der Waals surface area contributed by atoms with Gasteiger partial charge in [-0.3, -0.25) is 0 Å². The molecule has 0 aromatic carbocycles. The fourth-order valence-corrected chi connectivity index (χ4v) is 8.46. The molecule has 200 valence electrons. The zero-order valence-corrected chi connectivity index (χ0v) is 25.2. The van der Waals surface area contributed by atoms with Crippen molar-refractivity contribution in [2.75, 3.05) is 74.6 Å². The van der Waals surface area contributed by atoms with Crippen LogP contribution in [0.4, 0.5) is 0 Å². The van der Waals surface area contributed by atoms with E-state index < -0.39 is 8.56 Å². The molecular formula is C27H61N3O2Si. The van der Waals surface area contributed by atoms with Gasteiger partial charge in [-0.15, -0.1) is 0 Å². The molecule has 6 heteroatoms. The van der Waals surface area contributed by atoms with Crippen LogP contribution in [0.3, 0.4) is 0 Å². The second-order valence-electron chi connectivity index (χ2n) is 10.6. The van der Waals surface area contributed by atoms with Gasteiger partial charge in [0.05, 0.1) is 0 Å². The van der Waals surface area contributed by atoms with Crippen molar-refractivity contribution in [3.05, 3.63) is 0 Å². The van der Waals surface area contributed by atoms with E-state index in [9.17, 15) is 0 Å². The predicted octanol–water partition coefficient (Wildman–Crippen LogP) is 6.09. The summed E-state index contributed by atoms with van der Waals surface area (Å²) in [6.45, 7) is 16.3. The molecule has 33 heavy (non-hydrogen) atoms. The predicted molar refractivity (Wildman–Crippen MR) is 149 cm³/mol. The van der Waals surface area contributed by atoms with Gasteiger partial charge < -0.3 is 23.6 Å². The minimum Gasteiger partial charge on any atom is -0.398 e. The molecule has 0 aliphatic rings. The Kier molecular flexibility index (Phi) is 19.2. The molecule has 0 fully saturated rings. The van der Waals surface area contributed by atoms with E-state index in [1.807, 2.05) is 14.2 Å². The van der Waals surface area contributed by atoms with Gasteiger partial charge in [0.2, 0.25) is 0 Å². The van der Waals surface area contributed by atoms with Crippen molar-refractivity contribution in [3.63, 3.8) is 0 Å². The van der Waals surface area contributed by atoms with E-state index in [0.29, 0.717) is 5.41 Å². The molecule has 0 N–H and O–H groups in total. The number of hydrogen-bond acceptors (Lipinski definition) is 5. The van der Waals surface area contributed by atoms with Gasteiger partial charge in [-0.1, -0.05) is 27.7 Å². The second kappa shape index (κ2) is 19.2. The van der Waals surface area contributed by atoms with Gasteiger partial charge in [0, 0.05) is 14.2 Å². The highest BCUT2D eigenvalue weighted by molar-refractivity contribution is 6.67. The van der Waals surface area contributed by atoms with Crippen molar-refractivity contribution in [2.45, 2.75) is 97.6 Å². The van der Waals surface area contributed by atoms with Crippen molar-refractivity contribution in [1.82, 2.24) is 14.7 Å². The molecule has 0 aliphatic carbocycles. The lowest BCUT2D eigenvalue weighted by atomic mass is 9.76. The lowest BCUT2D eigenvalue weighted by Gasteiger charge is -2.41. The third-order valence-electron chi connectivity index (χ3n) is 7.48. The maximum atomic E-state index is 6.18. The average Bonchev–Trinajstić information content (AvgIpc) is 2.78. The summed E-state index contributed by atoms with van der Waals surface area (Å²) in [7, 11) is 8.45. The molecule has 0 heterocycles. The quantitative estimate of drug-likeness (QED) is 0.163. The van der Waals surface area contributed by atoms with Gasteiger partial charge >= 0.3 is 8.56 Å². The SMILES string of the molecule is CCCN(C)CCCC(CCCN(C)CCC)(CCCN(C)CCC)C[Si](CC)(OC)OC. The van der Waals surface area contributed by atoms with Crippen LogP contribution in [-0.4, -0.2) is 97.9 Å². The van der Waals surface area contributed by atoms with Crippen LogP contribution in [0.25, 0.3) is 0 Å². The van der Waals surface area contributed by atoms with E-state index in [-0.39, 0.29) is 0 Å². The highest BCUT2D eigenvalue weighted by Gasteiger charge is 2.43. The van der Waals surface area contributed by atoms with Crippen LogP contribution < -0.4 is 0 Å². The van der Waals surface area contributed by atoms with E-state index in [1.165, 1.54) is 97.1 Å². The maximum absolute atomic E-state index is 6.18. The summed E-state index contributed by atoms with van der Waals surface area (Å²) in [5.41, 5.74) is 0.321. The Hall–Kier alpha value is 0.0169. The van der Waals surface area contributed by atoms with Gasteiger partial charge in [-0.25, -0.2) is 0 Å². The van der Waals surface area contributed by atoms with Gasteiger partial charge in [0.15, 0.2) is 0 Å². The third-order valence-corrected chi connectivity index (χ3v) is 11.3. The van der Waals surface area contributed by atoms with E-state index >= 15 is 0 Å². The first-order valence-corrected chi connectivity index (χ1v) is 16.1. The van der Waals surface area contributed by atoms with Crippen molar-refractivity contribution < 1.29 is 8.85 Å². The molecule has 5 nitrogen and oxygen atoms in total. The Morgan fingerprint density at radius 1 is 0.576 bits per heavy atom. The van der Waals surface area contributed by atoms with Gasteiger partial charge in [0.25, 0.3) is 0 Å². The second-order valence-corrected chi connectivity index (χ2v) is 14.3. The molecule has 0 atom stereocenters. The smallest absolute Gasteiger partial charge is 0.337 e.